The minimum atomic E-state index is -3.91. The van der Waals surface area contributed by atoms with E-state index in [2.05, 4.69) is 0 Å². The van der Waals surface area contributed by atoms with Gasteiger partial charge < -0.3 is 18.5 Å². The molecule has 0 radical (unpaired) electrons. The Morgan fingerprint density at radius 2 is 1.87 bits per heavy atom. The van der Waals surface area contributed by atoms with Crippen LogP contribution in [0.15, 0.2) is 67.4 Å². The molecule has 0 bridgehead atoms. The summed E-state index contributed by atoms with van der Waals surface area (Å²) in [5, 5.41) is 0.122. The number of carbonyl (C=O) groups is 1. The molecule has 3 aromatic rings. The Balaban J connectivity index is 1.58. The molecule has 1 unspecified atom stereocenters. The molecule has 1 fully saturated rings. The number of furan rings is 2. The lowest BCUT2D eigenvalue weighted by atomic mass is 10.2. The van der Waals surface area contributed by atoms with Crippen molar-refractivity contribution in [1.29, 1.82) is 0 Å². The van der Waals surface area contributed by atoms with Gasteiger partial charge in [-0.25, -0.2) is 8.42 Å². The van der Waals surface area contributed by atoms with Crippen LogP contribution in [-0.4, -0.2) is 38.5 Å². The van der Waals surface area contributed by atoms with E-state index in [0.717, 1.165) is 18.6 Å². The van der Waals surface area contributed by atoms with E-state index in [1.54, 1.807) is 4.90 Å². The Kier molecular flexibility index (Phi) is 6.22. The summed E-state index contributed by atoms with van der Waals surface area (Å²) in [5.41, 5.74) is 0. The molecule has 0 saturated carbocycles. The number of amides is 1. The summed E-state index contributed by atoms with van der Waals surface area (Å²) in [4.78, 5) is 14.8. The van der Waals surface area contributed by atoms with Crippen molar-refractivity contribution in [3.63, 3.8) is 0 Å². The second-order valence-electron chi connectivity index (χ2n) is 7.41. The first-order valence-corrected chi connectivity index (χ1v) is 11.8. The van der Waals surface area contributed by atoms with E-state index in [-0.39, 0.29) is 28.4 Å². The number of benzene rings is 1. The predicted molar refractivity (Wildman–Crippen MR) is 113 cm³/mol. The lowest BCUT2D eigenvalue weighted by Crippen LogP contribution is -2.36. The number of carbonyl (C=O) groups excluding carboxylic acids is 1. The average molecular weight is 464 g/mol. The lowest BCUT2D eigenvalue weighted by Gasteiger charge is -2.23. The monoisotopic (exact) mass is 463 g/mol. The van der Waals surface area contributed by atoms with Gasteiger partial charge in [-0.2, -0.15) is 0 Å². The van der Waals surface area contributed by atoms with Crippen LogP contribution in [0.2, 0.25) is 5.02 Å². The highest BCUT2D eigenvalue weighted by molar-refractivity contribution is 7.91. The van der Waals surface area contributed by atoms with Gasteiger partial charge >= 0.3 is 0 Å². The third-order valence-electron chi connectivity index (χ3n) is 5.06. The first-order valence-electron chi connectivity index (χ1n) is 9.89. The molecular formula is C22H22ClNO6S. The zero-order chi connectivity index (χ0) is 22.0. The minimum absolute atomic E-state index is 0.0347. The van der Waals surface area contributed by atoms with Gasteiger partial charge in [0, 0.05) is 18.2 Å². The van der Waals surface area contributed by atoms with Crippen LogP contribution in [0.4, 0.5) is 0 Å². The van der Waals surface area contributed by atoms with Crippen molar-refractivity contribution in [3.8, 4) is 0 Å². The highest BCUT2D eigenvalue weighted by Gasteiger charge is 2.28. The topological polar surface area (TPSA) is 90.0 Å². The molecule has 9 heteroatoms. The van der Waals surface area contributed by atoms with Gasteiger partial charge in [-0.3, -0.25) is 4.79 Å². The minimum Gasteiger partial charge on any atom is -0.464 e. The average Bonchev–Trinajstić information content (AvgIpc) is 3.50. The number of aryl methyl sites for hydroxylation is 1. The highest BCUT2D eigenvalue weighted by atomic mass is 35.5. The van der Waals surface area contributed by atoms with E-state index in [1.165, 1.54) is 36.4 Å². The second-order valence-corrected chi connectivity index (χ2v) is 9.73. The Morgan fingerprint density at radius 1 is 1.10 bits per heavy atom. The summed E-state index contributed by atoms with van der Waals surface area (Å²) in [6, 6.07) is 12.1. The SMILES string of the molecule is Cc1ccc(CN(CC2CCCO2)C(=O)c2ccc(S(=O)(=O)c3ccc(Cl)cc3)o2)o1. The molecule has 31 heavy (non-hydrogen) atoms. The van der Waals surface area contributed by atoms with Crippen LogP contribution < -0.4 is 0 Å². The van der Waals surface area contributed by atoms with Crippen molar-refractivity contribution in [2.75, 3.05) is 13.2 Å². The predicted octanol–water partition coefficient (Wildman–Crippen LogP) is 4.49. The normalized spacial score (nSPS) is 16.5. The molecule has 1 saturated heterocycles. The van der Waals surface area contributed by atoms with Gasteiger partial charge in [-0.05, 0) is 68.3 Å². The lowest BCUT2D eigenvalue weighted by molar-refractivity contribution is 0.0463. The van der Waals surface area contributed by atoms with Crippen molar-refractivity contribution < 1.29 is 26.8 Å². The highest BCUT2D eigenvalue weighted by Crippen LogP contribution is 2.26. The van der Waals surface area contributed by atoms with Crippen molar-refractivity contribution in [1.82, 2.24) is 4.90 Å². The maximum atomic E-state index is 13.2. The van der Waals surface area contributed by atoms with Gasteiger partial charge in [0.1, 0.15) is 11.5 Å². The van der Waals surface area contributed by atoms with E-state index in [1.807, 2.05) is 19.1 Å². The Labute approximate surface area is 185 Å². The van der Waals surface area contributed by atoms with E-state index in [9.17, 15) is 13.2 Å². The maximum absolute atomic E-state index is 13.2. The molecular weight excluding hydrogens is 442 g/mol. The van der Waals surface area contributed by atoms with Gasteiger partial charge in [0.05, 0.1) is 17.5 Å². The second kappa shape index (κ2) is 8.90. The molecule has 0 spiro atoms. The number of nitrogens with zero attached hydrogens (tertiary/aromatic N) is 1. The van der Waals surface area contributed by atoms with Crippen LogP contribution in [0.3, 0.4) is 0 Å². The van der Waals surface area contributed by atoms with Gasteiger partial charge in [-0.15, -0.1) is 0 Å². The van der Waals surface area contributed by atoms with Crippen LogP contribution in [-0.2, 0) is 21.1 Å². The van der Waals surface area contributed by atoms with E-state index < -0.39 is 15.7 Å². The van der Waals surface area contributed by atoms with Gasteiger partial charge in [0.25, 0.3) is 5.91 Å². The maximum Gasteiger partial charge on any atom is 0.290 e. The number of sulfone groups is 1. The molecule has 1 aromatic carbocycles. The molecule has 4 rings (SSSR count). The number of ether oxygens (including phenoxy) is 1. The fourth-order valence-corrected chi connectivity index (χ4v) is 4.78. The number of rotatable bonds is 7. The van der Waals surface area contributed by atoms with Crippen LogP contribution in [0, 0.1) is 6.92 Å². The quantitative estimate of drug-likeness (QED) is 0.512. The Bertz CT molecular complexity index is 1160. The van der Waals surface area contributed by atoms with Crippen molar-refractivity contribution >= 4 is 27.3 Å². The number of hydrogen-bond acceptors (Lipinski definition) is 6. The third-order valence-corrected chi connectivity index (χ3v) is 6.95. The Hall–Kier alpha value is -2.55. The van der Waals surface area contributed by atoms with Gasteiger partial charge in [0.2, 0.25) is 14.9 Å². The first kappa shape index (κ1) is 21.7. The van der Waals surface area contributed by atoms with Crippen molar-refractivity contribution in [3.05, 3.63) is 70.8 Å². The fourth-order valence-electron chi connectivity index (χ4n) is 3.48. The summed E-state index contributed by atoms with van der Waals surface area (Å²) in [7, 11) is -3.91. The number of hydrogen-bond donors (Lipinski definition) is 0. The summed E-state index contributed by atoms with van der Waals surface area (Å²) in [6.07, 6.45) is 1.72. The van der Waals surface area contributed by atoms with Crippen molar-refractivity contribution in [2.24, 2.45) is 0 Å². The zero-order valence-electron chi connectivity index (χ0n) is 16.9. The number of halogens is 1. The smallest absolute Gasteiger partial charge is 0.290 e. The zero-order valence-corrected chi connectivity index (χ0v) is 18.5. The van der Waals surface area contributed by atoms with E-state index in [4.69, 9.17) is 25.2 Å². The standard InChI is InChI=1S/C22H22ClNO6S/c1-15-4-7-18(29-15)14-24(13-17-3-2-12-28-17)22(25)20-10-11-21(30-20)31(26,27)19-8-5-16(23)6-9-19/h4-11,17H,2-3,12-14H2,1H3. The van der Waals surface area contributed by atoms with Crippen LogP contribution in [0.1, 0.15) is 34.9 Å². The largest absolute Gasteiger partial charge is 0.464 e. The van der Waals surface area contributed by atoms with Crippen molar-refractivity contribution in [2.45, 2.75) is 42.4 Å². The van der Waals surface area contributed by atoms with Crippen LogP contribution in [0.25, 0.3) is 0 Å². The van der Waals surface area contributed by atoms with Gasteiger partial charge in [0.15, 0.2) is 5.76 Å². The Morgan fingerprint density at radius 3 is 2.52 bits per heavy atom. The third kappa shape index (κ3) is 4.87. The van der Waals surface area contributed by atoms with E-state index >= 15 is 0 Å². The molecule has 1 amide bonds. The molecule has 0 aliphatic carbocycles. The van der Waals surface area contributed by atoms with Gasteiger partial charge in [-0.1, -0.05) is 11.6 Å². The summed E-state index contributed by atoms with van der Waals surface area (Å²) < 4.78 is 42.4. The summed E-state index contributed by atoms with van der Waals surface area (Å²) >= 11 is 5.84. The molecule has 1 aliphatic heterocycles. The molecule has 3 heterocycles. The molecule has 0 N–H and O–H groups in total. The fraction of sp³-hybridized carbons (Fsp3) is 0.318. The van der Waals surface area contributed by atoms with Crippen LogP contribution >= 0.6 is 11.6 Å². The molecule has 2 aromatic heterocycles. The molecule has 1 atom stereocenters. The molecule has 1 aliphatic rings. The summed E-state index contributed by atoms with van der Waals surface area (Å²) in [6.45, 7) is 3.08. The summed E-state index contributed by atoms with van der Waals surface area (Å²) in [5.74, 6) is 0.884. The van der Waals surface area contributed by atoms with E-state index in [0.29, 0.717) is 23.9 Å². The molecule has 7 nitrogen and oxygen atoms in total. The molecule has 164 valence electrons. The first-order chi connectivity index (χ1) is 14.8. The van der Waals surface area contributed by atoms with Crippen LogP contribution in [0.5, 0.6) is 0 Å².